The SMILES string of the molecule is CCSc1nnc(NC(=O)[C@@H]2CCS(=O)(=O)C2)s1. The zero-order chi connectivity index (χ0) is 13.2. The lowest BCUT2D eigenvalue weighted by Crippen LogP contribution is -2.23. The molecule has 1 aliphatic rings. The number of nitrogens with one attached hydrogen (secondary N) is 1. The zero-order valence-corrected chi connectivity index (χ0v) is 12.2. The van der Waals surface area contributed by atoms with Crippen LogP contribution in [-0.4, -0.2) is 41.8 Å². The maximum atomic E-state index is 11.8. The van der Waals surface area contributed by atoms with Crippen molar-refractivity contribution in [3.8, 4) is 0 Å². The number of thioether (sulfide) groups is 1. The number of anilines is 1. The smallest absolute Gasteiger partial charge is 0.230 e. The quantitative estimate of drug-likeness (QED) is 0.660. The molecular formula is C9H13N3O3S3. The molecule has 1 N–H and O–H groups in total. The van der Waals surface area contributed by atoms with Gasteiger partial charge in [0, 0.05) is 0 Å². The summed E-state index contributed by atoms with van der Waals surface area (Å²) in [4.78, 5) is 11.8. The van der Waals surface area contributed by atoms with E-state index in [0.717, 1.165) is 10.1 Å². The van der Waals surface area contributed by atoms with Crippen molar-refractivity contribution in [3.63, 3.8) is 0 Å². The first-order valence-corrected chi connectivity index (χ1v) is 9.10. The molecule has 6 nitrogen and oxygen atoms in total. The standard InChI is InChI=1S/C9H13N3O3S3/c1-2-16-9-12-11-8(17-9)10-7(13)6-3-4-18(14,15)5-6/h6H,2-5H2,1H3,(H,10,11,13)/t6-/m1/s1. The van der Waals surface area contributed by atoms with Crippen LogP contribution in [0.5, 0.6) is 0 Å². The van der Waals surface area contributed by atoms with Crippen LogP contribution in [-0.2, 0) is 14.6 Å². The Bertz CT molecular complexity index is 540. The molecule has 9 heteroatoms. The molecule has 2 heterocycles. The molecule has 1 amide bonds. The summed E-state index contributed by atoms with van der Waals surface area (Å²) in [6, 6.07) is 0. The van der Waals surface area contributed by atoms with Crippen molar-refractivity contribution >= 4 is 44.0 Å². The third-order valence-electron chi connectivity index (χ3n) is 2.51. The minimum atomic E-state index is -3.03. The first-order chi connectivity index (χ1) is 8.50. The van der Waals surface area contributed by atoms with Crippen LogP contribution < -0.4 is 5.32 Å². The summed E-state index contributed by atoms with van der Waals surface area (Å²) in [6.45, 7) is 2.01. The molecule has 0 bridgehead atoms. The molecule has 0 radical (unpaired) electrons. The molecule has 0 aliphatic carbocycles. The molecule has 1 aromatic rings. The Hall–Kier alpha value is -0.670. The van der Waals surface area contributed by atoms with Gasteiger partial charge in [-0.1, -0.05) is 30.0 Å². The third-order valence-corrected chi connectivity index (χ3v) is 6.13. The molecule has 1 aromatic heterocycles. The van der Waals surface area contributed by atoms with E-state index in [2.05, 4.69) is 15.5 Å². The predicted molar refractivity (Wildman–Crippen MR) is 71.7 cm³/mol. The van der Waals surface area contributed by atoms with Gasteiger partial charge >= 0.3 is 0 Å². The maximum absolute atomic E-state index is 11.8. The Labute approximate surface area is 113 Å². The van der Waals surface area contributed by atoms with Gasteiger partial charge in [-0.25, -0.2) is 8.42 Å². The number of carbonyl (C=O) groups is 1. The Morgan fingerprint density at radius 3 is 2.94 bits per heavy atom. The zero-order valence-electron chi connectivity index (χ0n) is 9.75. The van der Waals surface area contributed by atoms with Crippen molar-refractivity contribution in [1.29, 1.82) is 0 Å². The summed E-state index contributed by atoms with van der Waals surface area (Å²) in [5.74, 6) is 0.192. The molecule has 2 rings (SSSR count). The van der Waals surface area contributed by atoms with Gasteiger partial charge in [-0.15, -0.1) is 10.2 Å². The number of hydrogen-bond acceptors (Lipinski definition) is 7. The van der Waals surface area contributed by atoms with Crippen LogP contribution in [0.1, 0.15) is 13.3 Å². The van der Waals surface area contributed by atoms with E-state index in [1.807, 2.05) is 6.92 Å². The highest BCUT2D eigenvalue weighted by Gasteiger charge is 2.33. The van der Waals surface area contributed by atoms with E-state index in [1.165, 1.54) is 11.3 Å². The highest BCUT2D eigenvalue weighted by molar-refractivity contribution is 8.01. The van der Waals surface area contributed by atoms with E-state index in [0.29, 0.717) is 11.6 Å². The normalized spacial score (nSPS) is 21.9. The van der Waals surface area contributed by atoms with Gasteiger partial charge < -0.3 is 5.32 Å². The van der Waals surface area contributed by atoms with Crippen LogP contribution in [0, 0.1) is 5.92 Å². The lowest BCUT2D eigenvalue weighted by Gasteiger charge is -2.05. The number of aromatic nitrogens is 2. The summed E-state index contributed by atoms with van der Waals surface area (Å²) in [6.07, 6.45) is 0.392. The second kappa shape index (κ2) is 5.54. The highest BCUT2D eigenvalue weighted by Crippen LogP contribution is 2.26. The van der Waals surface area contributed by atoms with Crippen molar-refractivity contribution in [2.75, 3.05) is 22.6 Å². The molecule has 1 atom stereocenters. The molecular weight excluding hydrogens is 294 g/mol. The van der Waals surface area contributed by atoms with Gasteiger partial charge in [0.2, 0.25) is 11.0 Å². The van der Waals surface area contributed by atoms with Crippen LogP contribution in [0.15, 0.2) is 4.34 Å². The van der Waals surface area contributed by atoms with Crippen LogP contribution in [0.2, 0.25) is 0 Å². The number of sulfone groups is 1. The van der Waals surface area contributed by atoms with Crippen molar-refractivity contribution in [2.24, 2.45) is 5.92 Å². The molecule has 18 heavy (non-hydrogen) atoms. The fraction of sp³-hybridized carbons (Fsp3) is 0.667. The number of amides is 1. The monoisotopic (exact) mass is 307 g/mol. The third kappa shape index (κ3) is 3.42. The van der Waals surface area contributed by atoms with Crippen molar-refractivity contribution in [1.82, 2.24) is 10.2 Å². The topological polar surface area (TPSA) is 89.0 Å². The minimum absolute atomic E-state index is 0.0613. The molecule has 1 saturated heterocycles. The lowest BCUT2D eigenvalue weighted by molar-refractivity contribution is -0.119. The Balaban J connectivity index is 1.95. The van der Waals surface area contributed by atoms with Gasteiger partial charge in [0.15, 0.2) is 14.2 Å². The number of carbonyl (C=O) groups excluding carboxylic acids is 1. The van der Waals surface area contributed by atoms with E-state index >= 15 is 0 Å². The number of nitrogens with zero attached hydrogens (tertiary/aromatic N) is 2. The molecule has 0 aromatic carbocycles. The molecule has 0 saturated carbocycles. The van der Waals surface area contributed by atoms with Crippen LogP contribution in [0.3, 0.4) is 0 Å². The van der Waals surface area contributed by atoms with E-state index in [-0.39, 0.29) is 17.4 Å². The lowest BCUT2D eigenvalue weighted by atomic mass is 10.1. The summed E-state index contributed by atoms with van der Waals surface area (Å²) < 4.78 is 23.4. The fourth-order valence-electron chi connectivity index (χ4n) is 1.65. The Kier molecular flexibility index (Phi) is 4.23. The van der Waals surface area contributed by atoms with Crippen LogP contribution >= 0.6 is 23.1 Å². The second-order valence-electron chi connectivity index (χ2n) is 3.90. The van der Waals surface area contributed by atoms with Crippen LogP contribution in [0.25, 0.3) is 0 Å². The molecule has 0 unspecified atom stereocenters. The molecule has 100 valence electrons. The molecule has 0 spiro atoms. The van der Waals surface area contributed by atoms with Crippen molar-refractivity contribution in [2.45, 2.75) is 17.7 Å². The Morgan fingerprint density at radius 2 is 2.33 bits per heavy atom. The predicted octanol–water partition coefficient (Wildman–Crippen LogP) is 1.02. The van der Waals surface area contributed by atoms with Gasteiger partial charge in [0.25, 0.3) is 0 Å². The number of hydrogen-bond donors (Lipinski definition) is 1. The average Bonchev–Trinajstić information content (AvgIpc) is 2.86. The first kappa shape index (κ1) is 13.8. The van der Waals surface area contributed by atoms with Gasteiger partial charge in [0.1, 0.15) is 0 Å². The first-order valence-electron chi connectivity index (χ1n) is 5.48. The van der Waals surface area contributed by atoms with Crippen LogP contribution in [0.4, 0.5) is 5.13 Å². The molecule has 1 aliphatic heterocycles. The van der Waals surface area contributed by atoms with Gasteiger partial charge in [-0.05, 0) is 12.2 Å². The van der Waals surface area contributed by atoms with E-state index in [4.69, 9.17) is 0 Å². The minimum Gasteiger partial charge on any atom is -0.300 e. The summed E-state index contributed by atoms with van der Waals surface area (Å²) in [5.41, 5.74) is 0. The van der Waals surface area contributed by atoms with Gasteiger partial charge in [-0.3, -0.25) is 4.79 Å². The average molecular weight is 307 g/mol. The fourth-order valence-corrected chi connectivity index (χ4v) is 5.04. The second-order valence-corrected chi connectivity index (χ2v) is 8.61. The summed E-state index contributed by atoms with van der Waals surface area (Å²) >= 11 is 2.86. The van der Waals surface area contributed by atoms with E-state index in [9.17, 15) is 13.2 Å². The van der Waals surface area contributed by atoms with Gasteiger partial charge in [-0.2, -0.15) is 0 Å². The van der Waals surface area contributed by atoms with Crippen molar-refractivity contribution in [3.05, 3.63) is 0 Å². The number of rotatable bonds is 4. The summed E-state index contributed by atoms with van der Waals surface area (Å²) in [5, 5.41) is 10.8. The maximum Gasteiger partial charge on any atom is 0.230 e. The van der Waals surface area contributed by atoms with E-state index < -0.39 is 15.8 Å². The van der Waals surface area contributed by atoms with Crippen molar-refractivity contribution < 1.29 is 13.2 Å². The molecule has 1 fully saturated rings. The van der Waals surface area contributed by atoms with Gasteiger partial charge in [0.05, 0.1) is 17.4 Å². The Morgan fingerprint density at radius 1 is 1.56 bits per heavy atom. The largest absolute Gasteiger partial charge is 0.300 e. The van der Waals surface area contributed by atoms with E-state index in [1.54, 1.807) is 11.8 Å². The summed E-state index contributed by atoms with van der Waals surface area (Å²) in [7, 11) is -3.03. The highest BCUT2D eigenvalue weighted by atomic mass is 32.2.